The minimum absolute atomic E-state index is 0.0318. The van der Waals surface area contributed by atoms with Crippen LogP contribution in [-0.4, -0.2) is 20.9 Å². The van der Waals surface area contributed by atoms with E-state index in [2.05, 4.69) is 15.3 Å². The molecule has 0 fully saturated rings. The van der Waals surface area contributed by atoms with Gasteiger partial charge < -0.3 is 5.32 Å². The third kappa shape index (κ3) is 3.79. The highest BCUT2D eigenvalue weighted by Gasteiger charge is 2.26. The van der Waals surface area contributed by atoms with Gasteiger partial charge in [0.1, 0.15) is 0 Å². The topological polar surface area (TPSA) is 67.8 Å². The van der Waals surface area contributed by atoms with Gasteiger partial charge >= 0.3 is 0 Å². The summed E-state index contributed by atoms with van der Waals surface area (Å²) in [6, 6.07) is 11.9. The number of fused-ring (bicyclic) bond motifs is 1. The smallest absolute Gasteiger partial charge is 0.227 e. The number of benzene rings is 1. The predicted octanol–water partition coefficient (Wildman–Crippen LogP) is 4.14. The van der Waals surface area contributed by atoms with Gasteiger partial charge in [0, 0.05) is 35.4 Å². The Hall–Kier alpha value is -3.08. The fourth-order valence-corrected chi connectivity index (χ4v) is 3.64. The zero-order chi connectivity index (χ0) is 19.5. The minimum Gasteiger partial charge on any atom is -0.349 e. The molecule has 4 rings (SSSR count). The molecule has 28 heavy (non-hydrogen) atoms. The van der Waals surface area contributed by atoms with Gasteiger partial charge in [0.25, 0.3) is 0 Å². The first-order valence-corrected chi connectivity index (χ1v) is 9.75. The zero-order valence-corrected chi connectivity index (χ0v) is 16.2. The first-order chi connectivity index (χ1) is 13.6. The molecule has 5 heteroatoms. The molecule has 1 aliphatic rings. The van der Waals surface area contributed by atoms with E-state index in [1.54, 1.807) is 12.4 Å². The molecular formula is C23H24N4O. The van der Waals surface area contributed by atoms with E-state index >= 15 is 0 Å². The Morgan fingerprint density at radius 3 is 2.64 bits per heavy atom. The van der Waals surface area contributed by atoms with Crippen molar-refractivity contribution in [2.75, 3.05) is 0 Å². The highest BCUT2D eigenvalue weighted by atomic mass is 16.1. The lowest BCUT2D eigenvalue weighted by Gasteiger charge is -2.27. The normalized spacial score (nSPS) is 16.9. The summed E-state index contributed by atoms with van der Waals surface area (Å²) in [7, 11) is 0. The number of amides is 1. The lowest BCUT2D eigenvalue weighted by atomic mass is 9.91. The predicted molar refractivity (Wildman–Crippen MR) is 109 cm³/mol. The largest absolute Gasteiger partial charge is 0.349 e. The lowest BCUT2D eigenvalue weighted by molar-refractivity contribution is -0.123. The highest BCUT2D eigenvalue weighted by Crippen LogP contribution is 2.30. The third-order valence-electron chi connectivity index (χ3n) is 5.41. The SMILES string of the molecule is Cc1ccc([C@@H](C)C(=O)N[C@@H]2CCCc3nc(-c4ccncc4)ncc32)cc1. The first kappa shape index (κ1) is 18.3. The number of carbonyl (C=O) groups excluding carboxylic acids is 1. The van der Waals surface area contributed by atoms with Crippen LogP contribution in [0.25, 0.3) is 11.4 Å². The van der Waals surface area contributed by atoms with Crippen LogP contribution in [0.15, 0.2) is 55.0 Å². The number of rotatable bonds is 4. The van der Waals surface area contributed by atoms with Gasteiger partial charge in [0.2, 0.25) is 5.91 Å². The molecule has 0 spiro atoms. The van der Waals surface area contributed by atoms with Crippen LogP contribution in [0.2, 0.25) is 0 Å². The molecule has 2 aromatic heterocycles. The van der Waals surface area contributed by atoms with Crippen LogP contribution in [0.4, 0.5) is 0 Å². The molecule has 0 saturated heterocycles. The summed E-state index contributed by atoms with van der Waals surface area (Å²) in [5.74, 6) is 0.559. The van der Waals surface area contributed by atoms with Crippen molar-refractivity contribution in [1.82, 2.24) is 20.3 Å². The summed E-state index contributed by atoms with van der Waals surface area (Å²) >= 11 is 0. The molecule has 0 bridgehead atoms. The Kier molecular flexibility index (Phi) is 5.15. The van der Waals surface area contributed by atoms with Crippen LogP contribution < -0.4 is 5.32 Å². The van der Waals surface area contributed by atoms with Crippen molar-refractivity contribution in [3.63, 3.8) is 0 Å². The maximum atomic E-state index is 12.8. The first-order valence-electron chi connectivity index (χ1n) is 9.75. The van der Waals surface area contributed by atoms with Gasteiger partial charge in [-0.2, -0.15) is 0 Å². The molecule has 1 amide bonds. The number of aromatic nitrogens is 3. The highest BCUT2D eigenvalue weighted by molar-refractivity contribution is 5.83. The molecule has 0 saturated carbocycles. The quantitative estimate of drug-likeness (QED) is 0.747. The zero-order valence-electron chi connectivity index (χ0n) is 16.2. The molecule has 1 aliphatic carbocycles. The van der Waals surface area contributed by atoms with Gasteiger partial charge in [0.05, 0.1) is 12.0 Å². The number of carbonyl (C=O) groups is 1. The summed E-state index contributed by atoms with van der Waals surface area (Å²) in [6.45, 7) is 4.00. The van der Waals surface area contributed by atoms with Crippen molar-refractivity contribution in [1.29, 1.82) is 0 Å². The minimum atomic E-state index is -0.192. The van der Waals surface area contributed by atoms with Crippen molar-refractivity contribution in [2.24, 2.45) is 0 Å². The van der Waals surface area contributed by atoms with E-state index < -0.39 is 0 Å². The van der Waals surface area contributed by atoms with Crippen molar-refractivity contribution in [3.8, 4) is 11.4 Å². The van der Waals surface area contributed by atoms with E-state index in [0.717, 1.165) is 41.6 Å². The van der Waals surface area contributed by atoms with E-state index in [-0.39, 0.29) is 17.9 Å². The Morgan fingerprint density at radius 1 is 1.14 bits per heavy atom. The van der Waals surface area contributed by atoms with Crippen LogP contribution in [0.3, 0.4) is 0 Å². The maximum absolute atomic E-state index is 12.8. The number of hydrogen-bond donors (Lipinski definition) is 1. The molecule has 3 aromatic rings. The van der Waals surface area contributed by atoms with Crippen LogP contribution in [-0.2, 0) is 11.2 Å². The number of nitrogens with one attached hydrogen (secondary N) is 1. The fraction of sp³-hybridized carbons (Fsp3) is 0.304. The second-order valence-electron chi connectivity index (χ2n) is 7.42. The third-order valence-corrected chi connectivity index (χ3v) is 5.41. The van der Waals surface area contributed by atoms with Gasteiger partial charge in [0.15, 0.2) is 5.82 Å². The van der Waals surface area contributed by atoms with E-state index in [1.807, 2.05) is 56.4 Å². The molecule has 5 nitrogen and oxygen atoms in total. The number of aryl methyl sites for hydroxylation is 2. The number of nitrogens with zero attached hydrogens (tertiary/aromatic N) is 3. The van der Waals surface area contributed by atoms with Crippen molar-refractivity contribution in [2.45, 2.75) is 45.1 Å². The number of pyridine rings is 1. The molecule has 0 aliphatic heterocycles. The molecule has 142 valence electrons. The summed E-state index contributed by atoms with van der Waals surface area (Å²) in [6.07, 6.45) is 8.19. The average Bonchev–Trinajstić information content (AvgIpc) is 2.74. The van der Waals surface area contributed by atoms with Crippen LogP contribution in [0, 0.1) is 6.92 Å². The van der Waals surface area contributed by atoms with Crippen molar-refractivity contribution in [3.05, 3.63) is 77.4 Å². The van der Waals surface area contributed by atoms with Gasteiger partial charge in [-0.05, 0) is 50.8 Å². The van der Waals surface area contributed by atoms with Crippen molar-refractivity contribution < 1.29 is 4.79 Å². The maximum Gasteiger partial charge on any atom is 0.227 e. The van der Waals surface area contributed by atoms with E-state index in [4.69, 9.17) is 4.98 Å². The number of hydrogen-bond acceptors (Lipinski definition) is 4. The summed E-state index contributed by atoms with van der Waals surface area (Å²) in [5.41, 5.74) is 5.25. The summed E-state index contributed by atoms with van der Waals surface area (Å²) in [4.78, 5) is 26.2. The van der Waals surface area contributed by atoms with Gasteiger partial charge in [-0.3, -0.25) is 9.78 Å². The van der Waals surface area contributed by atoms with Gasteiger partial charge in [-0.25, -0.2) is 9.97 Å². The van der Waals surface area contributed by atoms with E-state index in [9.17, 15) is 4.79 Å². The fourth-order valence-electron chi connectivity index (χ4n) is 3.64. The van der Waals surface area contributed by atoms with Crippen LogP contribution >= 0.6 is 0 Å². The van der Waals surface area contributed by atoms with Crippen LogP contribution in [0.5, 0.6) is 0 Å². The standard InChI is InChI=1S/C23H24N4O/c1-15-6-8-17(9-7-15)16(2)23(28)27-21-5-3-4-20-19(21)14-25-22(26-20)18-10-12-24-13-11-18/h6-14,16,21H,3-5H2,1-2H3,(H,27,28)/t16-,21-/m1/s1. The van der Waals surface area contributed by atoms with Crippen LogP contribution in [0.1, 0.15) is 54.1 Å². The second kappa shape index (κ2) is 7.89. The molecule has 0 radical (unpaired) electrons. The Labute approximate surface area is 165 Å². The van der Waals surface area contributed by atoms with Gasteiger partial charge in [-0.1, -0.05) is 29.8 Å². The second-order valence-corrected chi connectivity index (χ2v) is 7.42. The van der Waals surface area contributed by atoms with Gasteiger partial charge in [-0.15, -0.1) is 0 Å². The average molecular weight is 372 g/mol. The van der Waals surface area contributed by atoms with Crippen molar-refractivity contribution >= 4 is 5.91 Å². The molecule has 1 N–H and O–H groups in total. The Morgan fingerprint density at radius 2 is 1.89 bits per heavy atom. The monoisotopic (exact) mass is 372 g/mol. The molecular weight excluding hydrogens is 348 g/mol. The summed E-state index contributed by atoms with van der Waals surface area (Å²) in [5, 5.41) is 3.22. The Balaban J connectivity index is 1.53. The van der Waals surface area contributed by atoms with E-state index in [0.29, 0.717) is 5.82 Å². The molecule has 0 unspecified atom stereocenters. The molecule has 1 aromatic carbocycles. The molecule has 2 atom stereocenters. The Bertz CT molecular complexity index is 970. The van der Waals surface area contributed by atoms with E-state index in [1.165, 1.54) is 5.56 Å². The lowest BCUT2D eigenvalue weighted by Crippen LogP contribution is -2.34. The summed E-state index contributed by atoms with van der Waals surface area (Å²) < 4.78 is 0. The molecule has 2 heterocycles.